The number of ketones is 3. The van der Waals surface area contributed by atoms with Crippen molar-refractivity contribution in [1.29, 1.82) is 0 Å². The Labute approximate surface area is 961 Å². The van der Waals surface area contributed by atoms with Gasteiger partial charge in [0.05, 0.1) is 39.8 Å². The molecule has 3 aliphatic carbocycles. The normalized spacial score (nSPS) is 17.0. The van der Waals surface area contributed by atoms with E-state index in [0.717, 1.165) is 76.6 Å². The molecule has 0 amide bonds. The van der Waals surface area contributed by atoms with Crippen molar-refractivity contribution in [2.45, 2.75) is 122 Å². The van der Waals surface area contributed by atoms with Crippen LogP contribution in [0.1, 0.15) is 178 Å². The molecule has 10 atom stereocenters. The predicted octanol–water partition coefficient (Wildman–Crippen LogP) is 20.4. The Bertz CT molecular complexity index is 5830. The van der Waals surface area contributed by atoms with Crippen molar-refractivity contribution in [3.8, 4) is 0 Å². The van der Waals surface area contributed by atoms with Gasteiger partial charge in [0.1, 0.15) is 82.2 Å². The third kappa shape index (κ3) is 42.0. The first-order valence-corrected chi connectivity index (χ1v) is 53.3. The Morgan fingerprint density at radius 2 is 0.920 bits per heavy atom. The molecular weight excluding hydrogens is 2460 g/mol. The number of benzene rings is 3. The van der Waals surface area contributed by atoms with Crippen LogP contribution in [0.15, 0.2) is 202 Å². The van der Waals surface area contributed by atoms with E-state index in [2.05, 4.69) is 236 Å². The number of unbranched alkanes of at least 4 members (excludes halogenated alkanes) is 1. The molecule has 1 unspecified atom stereocenters. The molecular formula is C91H91BBr4Cl7F3IKLiMnN13O10S5. The zero-order valence-electron chi connectivity index (χ0n) is 74.7. The number of anilines is 2. The summed E-state index contributed by atoms with van der Waals surface area (Å²) in [5, 5.41) is 45.7. The first-order valence-electron chi connectivity index (χ1n) is 41.4. The summed E-state index contributed by atoms with van der Waals surface area (Å²) in [6, 6.07) is 38.2. The first kappa shape index (κ1) is 125. The van der Waals surface area contributed by atoms with Crippen molar-refractivity contribution in [3.63, 3.8) is 0 Å². The van der Waals surface area contributed by atoms with Crippen molar-refractivity contribution in [3.05, 3.63) is 319 Å². The quantitative estimate of drug-likeness (QED) is 0.00781. The second-order valence-corrected chi connectivity index (χ2v) is 44.2. The van der Waals surface area contributed by atoms with Gasteiger partial charge in [-0.15, -0.1) is 56.7 Å². The second kappa shape index (κ2) is 66.0. The van der Waals surface area contributed by atoms with Crippen molar-refractivity contribution in [2.24, 2.45) is 41.2 Å². The molecule has 0 bridgehead atoms. The van der Waals surface area contributed by atoms with Gasteiger partial charge >= 0.3 is 99.7 Å². The van der Waals surface area contributed by atoms with Crippen LogP contribution in [0.2, 0.25) is 32.8 Å². The molecule has 13 aromatic rings. The first-order chi connectivity index (χ1) is 65.0. The molecule has 138 heavy (non-hydrogen) atoms. The topological polar surface area (TPSA) is 362 Å². The molecule has 3 saturated carbocycles. The maximum absolute atomic E-state index is 13.7. The van der Waals surface area contributed by atoms with Gasteiger partial charge in [0.25, 0.3) is 0 Å². The van der Waals surface area contributed by atoms with Gasteiger partial charge in [-0.25, -0.2) is 49.8 Å². The number of aliphatic hydroxyl groups excluding tert-OH is 4. The fourth-order valence-electron chi connectivity index (χ4n) is 13.7. The van der Waals surface area contributed by atoms with E-state index in [1.54, 1.807) is 66.2 Å². The molecule has 10 aromatic heterocycles. The number of hydrogen-bond donors (Lipinski definition) is 7. The van der Waals surface area contributed by atoms with Gasteiger partial charge < -0.3 is 56.7 Å². The van der Waals surface area contributed by atoms with E-state index in [4.69, 9.17) is 99.7 Å². The summed E-state index contributed by atoms with van der Waals surface area (Å²) in [6.45, 7) is 8.21. The van der Waals surface area contributed by atoms with Crippen molar-refractivity contribution in [1.82, 2.24) is 49.8 Å². The summed E-state index contributed by atoms with van der Waals surface area (Å²) in [6.07, 6.45) is 23.4. The van der Waals surface area contributed by atoms with Gasteiger partial charge in [-0.1, -0.05) is 218 Å². The Kier molecular flexibility index (Phi) is 59.8. The van der Waals surface area contributed by atoms with Crippen LogP contribution >= 0.6 is 224 Å². The molecule has 8 N–H and O–H groups in total. The van der Waals surface area contributed by atoms with Crippen molar-refractivity contribution < 1.29 is 145 Å². The van der Waals surface area contributed by atoms with Crippen LogP contribution in [-0.4, -0.2) is 139 Å². The summed E-state index contributed by atoms with van der Waals surface area (Å²) in [5.41, 5.74) is 11.3. The van der Waals surface area contributed by atoms with Crippen molar-refractivity contribution >= 4 is 266 Å². The number of nitrogens with zero attached hydrogens (tertiary/aromatic N) is 10. The number of carbonyl (C=O) groups excluding carboxylic acids is 4. The predicted molar refractivity (Wildman–Crippen MR) is 559 cm³/mol. The number of halogens is 15. The Hall–Kier alpha value is -3.47. The van der Waals surface area contributed by atoms with Gasteiger partial charge in [0, 0.05) is 109 Å². The summed E-state index contributed by atoms with van der Waals surface area (Å²) in [5.74, 6) is 3.22. The van der Waals surface area contributed by atoms with Crippen molar-refractivity contribution in [2.75, 3.05) is 30.5 Å². The molecule has 0 saturated heterocycles. The number of hydrogen-bond acceptors (Lipinski definition) is 28. The zero-order valence-corrected chi connectivity index (χ0v) is 96.9. The molecule has 0 spiro atoms. The molecule has 10 heterocycles. The molecule has 3 aliphatic rings. The number of aromatic nitrogens is 10. The summed E-state index contributed by atoms with van der Waals surface area (Å²) in [7, 11) is 0. The third-order valence-corrected chi connectivity index (χ3v) is 33.8. The Balaban J connectivity index is 0.000000290. The number of nitrogens with one attached hydrogen (secondary N) is 2. The molecule has 0 radical (unpaired) electrons. The van der Waals surface area contributed by atoms with E-state index < -0.39 is 34.2 Å². The van der Waals surface area contributed by atoms with E-state index in [0.29, 0.717) is 126 Å². The van der Waals surface area contributed by atoms with Crippen LogP contribution in [0.3, 0.4) is 0 Å². The maximum atomic E-state index is 13.7. The third-order valence-electron chi connectivity index (χ3n) is 20.7. The summed E-state index contributed by atoms with van der Waals surface area (Å²) < 4.78 is 58.3. The molecule has 0 aliphatic heterocycles. The van der Waals surface area contributed by atoms with Crippen LogP contribution in [0.25, 0.3) is 0 Å². The molecule has 16 rings (SSSR count). The van der Waals surface area contributed by atoms with Gasteiger partial charge in [-0.05, 0) is 214 Å². The number of rotatable bonds is 23. The standard InChI is InChI=1S/C30H31N3O2S.C16H17BrClN3O2S.C9H5BrCl2N2OS.C9H3BrCl2N2OS.C7H7BF3.C7H15NO.C5H2BrClOS.C4H2ClIN2.C4H9.K.Li.Mn.2O/c1-20-12-25(15-24(20)18-34)33-30-26(17-31-19-32-30)29(35)28-16-23(13-21-8-4-2-5-9-21)27(36-28)14-22-10-6-3-7-11-22;1-8-2-10(3-9(8)6-22)21-16-11(5-19-7-20-16)14(23)13-4-12(17)15(18)24-13;2*10-5-1-6(16-9(5)12)7(15)4-2-13-3-14-8(4)11;9-8(10,11)6-7-4-2-1-3-5-7;1-5-2-7(8)3-6(5)4-9;6-4-1-3(2-8)9-5(4)7;5-4-3(6)1-7-2-8-4;1-3-4-2;;;;;/h2-11,16-17,19-20,24-25,34H,12-15,18H2,1H3,(H,31,32,33);4-5,7-10,22H,2-3,6H2,1H3,(H,19,20,21);1-3,7,15H;1-3H;1-5H,6H2;5-7,9H,2-4,8H2,1H3;1-2H;1-2H;1,3-4H2,2H3;;;;;/q;;;;-1;;;;-1;2*+1;;;/t20-,24+,25-;8-,9+,10-;;;;5-,6+,7-;;;;;;;;/m00...0......../s1. The summed E-state index contributed by atoms with van der Waals surface area (Å²) in [4.78, 5) is 92.3. The van der Waals surface area contributed by atoms with Gasteiger partial charge in [0.15, 0.2) is 6.29 Å². The van der Waals surface area contributed by atoms with Crippen LogP contribution in [0.4, 0.5) is 24.6 Å². The van der Waals surface area contributed by atoms with Crippen LogP contribution in [0, 0.1) is 46.0 Å². The molecule has 3 aromatic carbocycles. The fraction of sp³-hybridized carbons (Fsp3) is 0.308. The van der Waals surface area contributed by atoms with E-state index in [9.17, 15) is 47.4 Å². The number of aldehydes is 1. The number of thiophene rings is 5. The summed E-state index contributed by atoms with van der Waals surface area (Å²) >= 11 is 60.8. The van der Waals surface area contributed by atoms with E-state index in [-0.39, 0.29) is 141 Å². The van der Waals surface area contributed by atoms with E-state index in [1.165, 1.54) is 136 Å². The monoisotopic (exact) mass is 2540 g/mol. The van der Waals surface area contributed by atoms with Gasteiger partial charge in [0.2, 0.25) is 17.3 Å². The van der Waals surface area contributed by atoms with Gasteiger partial charge in [-0.3, -0.25) is 19.2 Å². The minimum absolute atomic E-state index is 0. The van der Waals surface area contributed by atoms with Crippen LogP contribution in [-0.2, 0) is 41.7 Å². The van der Waals surface area contributed by atoms with Crippen LogP contribution in [0.5, 0.6) is 0 Å². The number of carbonyl (C=O) groups is 4. The number of nitrogens with two attached hydrogens (primary N) is 1. The molecule has 727 valence electrons. The average Bonchev–Trinajstić information content (AvgIpc) is 1.62. The SMILES string of the molecule is C[C@H]1C[C@H](N)C[C@@H]1CO.C[C@H]1C[C@H](Nc2ncncc2C(=O)c2cc(Br)c(Cl)s2)C[C@@H]1CO.C[C@H]1C[C@H](Nc2ncncc2C(=O)c2cc(Cc3ccccc3)c(Cc3ccccc3)s2)C[C@@H]1CO.Clc1ncncc1I.F[B-](F)(F)Cc1ccccc1.O=C(c1cc(Br)c(Cl)s1)c1cncnc1Cl.O=Cc1cc(Br)c(Cl)s1.OC(c1cc(Br)c(Cl)s1)c1cncnc1Cl.[CH2-]CCC.[K+].[Li+].[O]=[Mn]=[O]. The molecule has 47 heteroatoms. The van der Waals surface area contributed by atoms with E-state index in [1.807, 2.05) is 12.1 Å². The fourth-order valence-corrected chi connectivity index (χ4v) is 22.2. The van der Waals surface area contributed by atoms with Gasteiger partial charge in [-0.2, -0.15) is 6.42 Å². The average molecular weight is 2550 g/mol. The Morgan fingerprint density at radius 3 is 1.28 bits per heavy atom. The molecule has 3 fully saturated rings. The minimum atomic E-state index is -4.68. The molecule has 23 nitrogen and oxygen atoms in total. The van der Waals surface area contributed by atoms with Crippen LogP contribution < -0.4 is 86.6 Å². The Morgan fingerprint density at radius 1 is 0.536 bits per heavy atom. The second-order valence-electron chi connectivity index (χ2n) is 30.6. The zero-order chi connectivity index (χ0) is 99.7. The van der Waals surface area contributed by atoms with E-state index >= 15 is 0 Å². The number of aliphatic hydroxyl groups is 4.